The van der Waals surface area contributed by atoms with Crippen LogP contribution in [-0.2, 0) is 14.4 Å². The van der Waals surface area contributed by atoms with Crippen molar-refractivity contribution in [3.05, 3.63) is 0 Å². The van der Waals surface area contributed by atoms with Crippen LogP contribution < -0.4 is 10.6 Å². The summed E-state index contributed by atoms with van der Waals surface area (Å²) in [5, 5.41) is 5.09. The summed E-state index contributed by atoms with van der Waals surface area (Å²) in [5.41, 5.74) is 0. The average Bonchev–Trinajstić information content (AvgIpc) is 2.26. The van der Waals surface area contributed by atoms with Crippen molar-refractivity contribution >= 4 is 29.4 Å². The minimum absolute atomic E-state index is 0.0203. The normalized spacial score (nSPS) is 9.76. The Labute approximate surface area is 106 Å². The zero-order chi connectivity index (χ0) is 13.1. The number of carbonyl (C=O) groups is 3. The van der Waals surface area contributed by atoms with Gasteiger partial charge in [0, 0.05) is 25.1 Å². The smallest absolute Gasteiger partial charge is 0.239 e. The van der Waals surface area contributed by atoms with Crippen LogP contribution in [0.25, 0.3) is 0 Å². The van der Waals surface area contributed by atoms with Crippen LogP contribution in [0.2, 0.25) is 0 Å². The number of Topliss-reactive ketones (excluding diaryl/α,β-unsaturated/α-hetero) is 1. The lowest BCUT2D eigenvalue weighted by Gasteiger charge is -2.05. The fourth-order valence-electron chi connectivity index (χ4n) is 1.02. The summed E-state index contributed by atoms with van der Waals surface area (Å²) >= 11 is 1.69. The average molecular weight is 260 g/mol. The standard InChI is InChI=1S/C11H20N2O3S/c1-3-17-7-5-10(15)13-8-11(16)12-6-4-9(2)14/h3-8H2,1-2H3,(H,12,16)(H,13,15). The predicted molar refractivity (Wildman–Crippen MR) is 68.9 cm³/mol. The molecule has 6 heteroatoms. The van der Waals surface area contributed by atoms with E-state index >= 15 is 0 Å². The van der Waals surface area contributed by atoms with Crippen molar-refractivity contribution in [3.63, 3.8) is 0 Å². The molecule has 0 fully saturated rings. The van der Waals surface area contributed by atoms with Crippen molar-refractivity contribution in [2.24, 2.45) is 0 Å². The van der Waals surface area contributed by atoms with Crippen LogP contribution in [0.5, 0.6) is 0 Å². The van der Waals surface area contributed by atoms with Gasteiger partial charge >= 0.3 is 0 Å². The SMILES string of the molecule is CCSCCC(=O)NCC(=O)NCCC(C)=O. The minimum Gasteiger partial charge on any atom is -0.354 e. The van der Waals surface area contributed by atoms with Crippen LogP contribution >= 0.6 is 11.8 Å². The van der Waals surface area contributed by atoms with Gasteiger partial charge in [-0.05, 0) is 12.7 Å². The molecule has 0 heterocycles. The Kier molecular flexibility index (Phi) is 9.52. The molecule has 0 unspecified atom stereocenters. The van der Waals surface area contributed by atoms with Gasteiger partial charge in [-0.25, -0.2) is 0 Å². The zero-order valence-electron chi connectivity index (χ0n) is 10.4. The van der Waals surface area contributed by atoms with E-state index in [1.165, 1.54) is 6.92 Å². The predicted octanol–water partition coefficient (Wildman–Crippen LogP) is 0.341. The molecule has 5 nitrogen and oxygen atoms in total. The molecule has 0 radical (unpaired) electrons. The molecule has 0 aliphatic rings. The van der Waals surface area contributed by atoms with Crippen molar-refractivity contribution in [1.82, 2.24) is 10.6 Å². The Balaban J connectivity index is 3.48. The van der Waals surface area contributed by atoms with Gasteiger partial charge in [-0.15, -0.1) is 0 Å². The molecule has 98 valence electrons. The number of rotatable bonds is 9. The van der Waals surface area contributed by atoms with Gasteiger partial charge in [0.05, 0.1) is 6.54 Å². The van der Waals surface area contributed by atoms with Crippen LogP contribution in [-0.4, -0.2) is 42.2 Å². The summed E-state index contributed by atoms with van der Waals surface area (Å²) < 4.78 is 0. The van der Waals surface area contributed by atoms with Crippen molar-refractivity contribution in [2.45, 2.75) is 26.7 Å². The molecule has 2 N–H and O–H groups in total. The van der Waals surface area contributed by atoms with E-state index in [0.717, 1.165) is 11.5 Å². The van der Waals surface area contributed by atoms with Gasteiger partial charge in [-0.3, -0.25) is 14.4 Å². The lowest BCUT2D eigenvalue weighted by atomic mass is 10.3. The zero-order valence-corrected chi connectivity index (χ0v) is 11.2. The van der Waals surface area contributed by atoms with Crippen LogP contribution in [0.4, 0.5) is 0 Å². The first-order valence-electron chi connectivity index (χ1n) is 5.66. The molecule has 0 rings (SSSR count). The molecular weight excluding hydrogens is 240 g/mol. The highest BCUT2D eigenvalue weighted by Gasteiger charge is 2.05. The van der Waals surface area contributed by atoms with E-state index in [9.17, 15) is 14.4 Å². The van der Waals surface area contributed by atoms with Gasteiger partial charge in [-0.2, -0.15) is 11.8 Å². The highest BCUT2D eigenvalue weighted by atomic mass is 32.2. The third-order valence-electron chi connectivity index (χ3n) is 1.92. The number of thioether (sulfide) groups is 1. The maximum absolute atomic E-state index is 11.2. The Morgan fingerprint density at radius 2 is 1.76 bits per heavy atom. The summed E-state index contributed by atoms with van der Waals surface area (Å²) in [6.45, 7) is 3.81. The Hall–Kier alpha value is -1.04. The molecule has 0 spiro atoms. The first-order chi connectivity index (χ1) is 8.06. The molecule has 0 aromatic carbocycles. The number of ketones is 1. The van der Waals surface area contributed by atoms with Crippen LogP contribution in [0, 0.1) is 0 Å². The van der Waals surface area contributed by atoms with E-state index < -0.39 is 0 Å². The molecule has 0 aromatic heterocycles. The Bertz CT molecular complexity index is 269. The summed E-state index contributed by atoms with van der Waals surface area (Å²) in [6.07, 6.45) is 0.756. The third-order valence-corrected chi connectivity index (χ3v) is 2.82. The third kappa shape index (κ3) is 11.2. The molecule has 0 aliphatic carbocycles. The van der Waals surface area contributed by atoms with Crippen molar-refractivity contribution in [3.8, 4) is 0 Å². The number of carbonyl (C=O) groups excluding carboxylic acids is 3. The van der Waals surface area contributed by atoms with Gasteiger partial charge in [0.15, 0.2) is 0 Å². The monoisotopic (exact) mass is 260 g/mol. The van der Waals surface area contributed by atoms with Gasteiger partial charge in [-0.1, -0.05) is 6.92 Å². The first kappa shape index (κ1) is 16.0. The number of nitrogens with one attached hydrogen (secondary N) is 2. The van der Waals surface area contributed by atoms with Crippen LogP contribution in [0.3, 0.4) is 0 Å². The van der Waals surface area contributed by atoms with Gasteiger partial charge in [0.2, 0.25) is 11.8 Å². The molecule has 2 amide bonds. The second-order valence-electron chi connectivity index (χ2n) is 3.53. The van der Waals surface area contributed by atoms with Gasteiger partial charge in [0.25, 0.3) is 0 Å². The minimum atomic E-state index is -0.261. The maximum atomic E-state index is 11.2. The van der Waals surface area contributed by atoms with Gasteiger partial charge < -0.3 is 10.6 Å². The molecule has 0 saturated carbocycles. The molecule has 0 aliphatic heterocycles. The lowest BCUT2D eigenvalue weighted by Crippen LogP contribution is -2.37. The Morgan fingerprint density at radius 1 is 1.06 bits per heavy atom. The van der Waals surface area contributed by atoms with Crippen molar-refractivity contribution < 1.29 is 14.4 Å². The molecule has 17 heavy (non-hydrogen) atoms. The summed E-state index contributed by atoms with van der Waals surface area (Å²) in [4.78, 5) is 33.1. The van der Waals surface area contributed by atoms with E-state index in [2.05, 4.69) is 10.6 Å². The van der Waals surface area contributed by atoms with Crippen molar-refractivity contribution in [1.29, 1.82) is 0 Å². The summed E-state index contributed by atoms with van der Waals surface area (Å²) in [5.74, 6) is 1.41. The van der Waals surface area contributed by atoms with E-state index in [1.54, 1.807) is 11.8 Å². The molecule has 0 aromatic rings. The molecule has 0 atom stereocenters. The maximum Gasteiger partial charge on any atom is 0.239 e. The highest BCUT2D eigenvalue weighted by molar-refractivity contribution is 7.99. The largest absolute Gasteiger partial charge is 0.354 e. The highest BCUT2D eigenvalue weighted by Crippen LogP contribution is 1.99. The lowest BCUT2D eigenvalue weighted by molar-refractivity contribution is -0.126. The van der Waals surface area contributed by atoms with E-state index in [1.807, 2.05) is 6.92 Å². The molecule has 0 bridgehead atoms. The molecular formula is C11H20N2O3S. The second kappa shape index (κ2) is 10.1. The van der Waals surface area contributed by atoms with E-state index in [-0.39, 0.29) is 24.1 Å². The number of hydrogen-bond donors (Lipinski definition) is 2. The van der Waals surface area contributed by atoms with E-state index in [4.69, 9.17) is 0 Å². The number of hydrogen-bond acceptors (Lipinski definition) is 4. The molecule has 0 saturated heterocycles. The number of amides is 2. The fourth-order valence-corrected chi connectivity index (χ4v) is 1.64. The van der Waals surface area contributed by atoms with Crippen LogP contribution in [0.15, 0.2) is 0 Å². The summed E-state index contributed by atoms with van der Waals surface area (Å²) in [6, 6.07) is 0. The topological polar surface area (TPSA) is 75.3 Å². The Morgan fingerprint density at radius 3 is 2.35 bits per heavy atom. The van der Waals surface area contributed by atoms with Crippen LogP contribution in [0.1, 0.15) is 26.7 Å². The first-order valence-corrected chi connectivity index (χ1v) is 6.82. The van der Waals surface area contributed by atoms with E-state index in [0.29, 0.717) is 19.4 Å². The summed E-state index contributed by atoms with van der Waals surface area (Å²) in [7, 11) is 0. The fraction of sp³-hybridized carbons (Fsp3) is 0.727. The quantitative estimate of drug-likeness (QED) is 0.586. The second-order valence-corrected chi connectivity index (χ2v) is 4.92. The van der Waals surface area contributed by atoms with Crippen molar-refractivity contribution in [2.75, 3.05) is 24.6 Å². The van der Waals surface area contributed by atoms with Gasteiger partial charge in [0.1, 0.15) is 5.78 Å².